The van der Waals surface area contributed by atoms with Crippen LogP contribution < -0.4 is 5.73 Å². The van der Waals surface area contributed by atoms with Crippen molar-refractivity contribution in [3.63, 3.8) is 0 Å². The van der Waals surface area contributed by atoms with Crippen LogP contribution in [0.5, 0.6) is 0 Å². The summed E-state index contributed by atoms with van der Waals surface area (Å²) in [5.41, 5.74) is 5.58. The van der Waals surface area contributed by atoms with E-state index in [9.17, 15) is 4.79 Å². The molecule has 0 aromatic heterocycles. The van der Waals surface area contributed by atoms with Crippen molar-refractivity contribution in [1.82, 2.24) is 4.90 Å². The smallest absolute Gasteiger partial charge is 0.223 e. The van der Waals surface area contributed by atoms with Gasteiger partial charge in [0.2, 0.25) is 5.91 Å². The molecule has 3 nitrogen and oxygen atoms in total. The summed E-state index contributed by atoms with van der Waals surface area (Å²) in [6.45, 7) is 0.478. The van der Waals surface area contributed by atoms with Crippen LogP contribution in [0.1, 0.15) is 44.9 Å². The predicted octanol–water partition coefficient (Wildman–Crippen LogP) is 1.84. The standard InChI is InChI=1S/C12H20N2OS/c13-11(16)8-14(10-3-1-2-4-10)12(15)7-9-5-6-9/h9-10H,1-8H2,(H2,13,16). The fourth-order valence-electron chi connectivity index (χ4n) is 2.49. The zero-order valence-corrected chi connectivity index (χ0v) is 10.5. The summed E-state index contributed by atoms with van der Waals surface area (Å²) in [5, 5.41) is 0. The van der Waals surface area contributed by atoms with Crippen LogP contribution in [0.4, 0.5) is 0 Å². The van der Waals surface area contributed by atoms with Gasteiger partial charge in [-0.25, -0.2) is 0 Å². The average molecular weight is 240 g/mol. The molecule has 16 heavy (non-hydrogen) atoms. The van der Waals surface area contributed by atoms with Crippen molar-refractivity contribution in [1.29, 1.82) is 0 Å². The Morgan fingerprint density at radius 2 is 1.88 bits per heavy atom. The highest BCUT2D eigenvalue weighted by atomic mass is 32.1. The van der Waals surface area contributed by atoms with E-state index in [-0.39, 0.29) is 5.91 Å². The summed E-state index contributed by atoms with van der Waals surface area (Å²) in [6.07, 6.45) is 7.86. The van der Waals surface area contributed by atoms with E-state index in [0.29, 0.717) is 29.9 Å². The maximum atomic E-state index is 12.1. The zero-order chi connectivity index (χ0) is 11.5. The van der Waals surface area contributed by atoms with Gasteiger partial charge >= 0.3 is 0 Å². The molecule has 2 aliphatic rings. The lowest BCUT2D eigenvalue weighted by atomic mass is 10.1. The quantitative estimate of drug-likeness (QED) is 0.746. The maximum absolute atomic E-state index is 12.1. The number of thiocarbonyl (C=S) groups is 1. The Morgan fingerprint density at radius 1 is 1.25 bits per heavy atom. The lowest BCUT2D eigenvalue weighted by Gasteiger charge is -2.28. The average Bonchev–Trinajstić information content (AvgIpc) is 2.87. The number of nitrogens with two attached hydrogens (primary N) is 1. The molecule has 0 saturated heterocycles. The summed E-state index contributed by atoms with van der Waals surface area (Å²) in [4.78, 5) is 14.5. The summed E-state index contributed by atoms with van der Waals surface area (Å²) in [7, 11) is 0. The van der Waals surface area contributed by atoms with Crippen molar-refractivity contribution in [2.45, 2.75) is 51.0 Å². The van der Waals surface area contributed by atoms with Crippen LogP contribution >= 0.6 is 12.2 Å². The predicted molar refractivity (Wildman–Crippen MR) is 68.1 cm³/mol. The third kappa shape index (κ3) is 3.17. The maximum Gasteiger partial charge on any atom is 0.223 e. The highest BCUT2D eigenvalue weighted by Crippen LogP contribution is 2.34. The summed E-state index contributed by atoms with van der Waals surface area (Å²) in [5.74, 6) is 0.907. The molecular formula is C12H20N2OS. The molecule has 0 heterocycles. The molecule has 90 valence electrons. The summed E-state index contributed by atoms with van der Waals surface area (Å²) in [6, 6.07) is 0.396. The van der Waals surface area contributed by atoms with Crippen molar-refractivity contribution in [3.05, 3.63) is 0 Å². The molecule has 2 N–H and O–H groups in total. The van der Waals surface area contributed by atoms with E-state index in [1.54, 1.807) is 0 Å². The van der Waals surface area contributed by atoms with Gasteiger partial charge in [0.1, 0.15) is 0 Å². The first-order valence-corrected chi connectivity index (χ1v) is 6.65. The monoisotopic (exact) mass is 240 g/mol. The first-order chi connectivity index (χ1) is 7.66. The van der Waals surface area contributed by atoms with Gasteiger partial charge in [-0.3, -0.25) is 4.79 Å². The Hall–Kier alpha value is -0.640. The first kappa shape index (κ1) is 11.8. The molecular weight excluding hydrogens is 220 g/mol. The largest absolute Gasteiger partial charge is 0.392 e. The molecule has 4 heteroatoms. The molecule has 2 rings (SSSR count). The van der Waals surface area contributed by atoms with E-state index < -0.39 is 0 Å². The fraction of sp³-hybridized carbons (Fsp3) is 0.833. The number of carbonyl (C=O) groups excluding carboxylic acids is 1. The van der Waals surface area contributed by atoms with Gasteiger partial charge in [0.05, 0.1) is 11.5 Å². The SMILES string of the molecule is NC(=S)CN(C(=O)CC1CC1)C1CCCC1. The van der Waals surface area contributed by atoms with Crippen molar-refractivity contribution in [2.24, 2.45) is 11.7 Å². The lowest BCUT2D eigenvalue weighted by Crippen LogP contribution is -2.43. The number of carbonyl (C=O) groups is 1. The first-order valence-electron chi connectivity index (χ1n) is 6.24. The van der Waals surface area contributed by atoms with E-state index >= 15 is 0 Å². The van der Waals surface area contributed by atoms with Crippen LogP contribution in [-0.2, 0) is 4.79 Å². The van der Waals surface area contributed by atoms with Gasteiger partial charge in [0.15, 0.2) is 0 Å². The van der Waals surface area contributed by atoms with Gasteiger partial charge in [-0.1, -0.05) is 25.1 Å². The minimum atomic E-state index is 0.266. The second-order valence-corrected chi connectivity index (χ2v) is 5.60. The van der Waals surface area contributed by atoms with Crippen LogP contribution in [0.2, 0.25) is 0 Å². The highest BCUT2D eigenvalue weighted by Gasteiger charge is 2.31. The Morgan fingerprint density at radius 3 is 2.38 bits per heavy atom. The molecule has 2 fully saturated rings. The van der Waals surface area contributed by atoms with Crippen molar-refractivity contribution in [3.8, 4) is 0 Å². The van der Waals surface area contributed by atoms with Crippen LogP contribution in [0.3, 0.4) is 0 Å². The number of hydrogen-bond donors (Lipinski definition) is 1. The molecule has 2 aliphatic carbocycles. The Balaban J connectivity index is 1.93. The van der Waals surface area contributed by atoms with E-state index in [1.165, 1.54) is 25.7 Å². The van der Waals surface area contributed by atoms with Crippen molar-refractivity contribution in [2.75, 3.05) is 6.54 Å². The fourth-order valence-corrected chi connectivity index (χ4v) is 2.63. The topological polar surface area (TPSA) is 46.3 Å². The molecule has 0 aliphatic heterocycles. The van der Waals surface area contributed by atoms with Crippen LogP contribution in [-0.4, -0.2) is 28.4 Å². The van der Waals surface area contributed by atoms with Gasteiger partial charge < -0.3 is 10.6 Å². The zero-order valence-electron chi connectivity index (χ0n) is 9.65. The summed E-state index contributed by atoms with van der Waals surface area (Å²) >= 11 is 4.94. The van der Waals surface area contributed by atoms with Gasteiger partial charge in [-0.05, 0) is 31.6 Å². The van der Waals surface area contributed by atoms with Crippen LogP contribution in [0.15, 0.2) is 0 Å². The highest BCUT2D eigenvalue weighted by molar-refractivity contribution is 7.80. The Bertz CT molecular complexity index is 283. The molecule has 0 aromatic rings. The van der Waals surface area contributed by atoms with Crippen LogP contribution in [0.25, 0.3) is 0 Å². The Labute approximate surface area is 102 Å². The van der Waals surface area contributed by atoms with E-state index in [0.717, 1.165) is 12.8 Å². The number of rotatable bonds is 5. The number of hydrogen-bond acceptors (Lipinski definition) is 2. The van der Waals surface area contributed by atoms with Gasteiger partial charge in [-0.2, -0.15) is 0 Å². The van der Waals surface area contributed by atoms with Gasteiger partial charge in [0.25, 0.3) is 0 Å². The van der Waals surface area contributed by atoms with Gasteiger partial charge in [0, 0.05) is 12.5 Å². The molecule has 0 spiro atoms. The van der Waals surface area contributed by atoms with E-state index in [1.807, 2.05) is 4.90 Å². The third-order valence-electron chi connectivity index (χ3n) is 3.57. The molecule has 0 radical (unpaired) electrons. The van der Waals surface area contributed by atoms with Gasteiger partial charge in [-0.15, -0.1) is 0 Å². The third-order valence-corrected chi connectivity index (χ3v) is 3.70. The Kier molecular flexibility index (Phi) is 3.79. The number of amides is 1. The normalized spacial score (nSPS) is 21.0. The molecule has 1 amide bonds. The van der Waals surface area contributed by atoms with E-state index in [4.69, 9.17) is 18.0 Å². The lowest BCUT2D eigenvalue weighted by molar-refractivity contribution is -0.132. The second-order valence-electron chi connectivity index (χ2n) is 5.07. The van der Waals surface area contributed by atoms with Crippen molar-refractivity contribution >= 4 is 23.1 Å². The molecule has 2 saturated carbocycles. The second kappa shape index (κ2) is 5.13. The minimum Gasteiger partial charge on any atom is -0.392 e. The molecule has 0 atom stereocenters. The molecule has 0 unspecified atom stereocenters. The van der Waals surface area contributed by atoms with Crippen LogP contribution in [0, 0.1) is 5.92 Å². The molecule has 0 bridgehead atoms. The minimum absolute atomic E-state index is 0.266. The molecule has 0 aromatic carbocycles. The van der Waals surface area contributed by atoms with E-state index in [2.05, 4.69) is 0 Å². The van der Waals surface area contributed by atoms with Crippen molar-refractivity contribution < 1.29 is 4.79 Å². The number of nitrogens with zero attached hydrogens (tertiary/aromatic N) is 1. The summed E-state index contributed by atoms with van der Waals surface area (Å²) < 4.78 is 0.